The van der Waals surface area contributed by atoms with E-state index in [0.29, 0.717) is 0 Å². The van der Waals surface area contributed by atoms with Gasteiger partial charge >= 0.3 is 0 Å². The second-order valence-electron chi connectivity index (χ2n) is 3.99. The summed E-state index contributed by atoms with van der Waals surface area (Å²) >= 11 is 1.56. The molecule has 2 N–H and O–H groups in total. The maximum Gasteiger partial charge on any atom is 0.188 e. The molecule has 0 unspecified atom stereocenters. The Morgan fingerprint density at radius 1 is 1.37 bits per heavy atom. The van der Waals surface area contributed by atoms with Crippen molar-refractivity contribution in [2.75, 3.05) is 5.32 Å². The van der Waals surface area contributed by atoms with Crippen LogP contribution in [0.15, 0.2) is 36.0 Å². The van der Waals surface area contributed by atoms with E-state index < -0.39 is 0 Å². The zero-order valence-corrected chi connectivity index (χ0v) is 11.2. The van der Waals surface area contributed by atoms with Gasteiger partial charge in [-0.05, 0) is 18.6 Å². The summed E-state index contributed by atoms with van der Waals surface area (Å²) < 4.78 is 0. The zero-order valence-electron chi connectivity index (χ0n) is 10.4. The van der Waals surface area contributed by atoms with Gasteiger partial charge in [0.25, 0.3) is 0 Å². The SMILES string of the molecule is CCc1[nH]ncc1-c1csc(Nc2ccccn2)n1. The highest BCUT2D eigenvalue weighted by Gasteiger charge is 2.10. The van der Waals surface area contributed by atoms with Gasteiger partial charge in [-0.25, -0.2) is 9.97 Å². The van der Waals surface area contributed by atoms with Gasteiger partial charge in [-0.15, -0.1) is 11.3 Å². The molecule has 6 heteroatoms. The van der Waals surface area contributed by atoms with Gasteiger partial charge < -0.3 is 5.32 Å². The second kappa shape index (κ2) is 5.19. The lowest BCUT2D eigenvalue weighted by atomic mass is 10.2. The van der Waals surface area contributed by atoms with Gasteiger partial charge in [0, 0.05) is 22.8 Å². The number of nitrogens with zero attached hydrogens (tertiary/aromatic N) is 3. The lowest BCUT2D eigenvalue weighted by molar-refractivity contribution is 0.975. The van der Waals surface area contributed by atoms with Gasteiger partial charge in [-0.2, -0.15) is 5.10 Å². The standard InChI is InChI=1S/C13H13N5S/c1-2-10-9(7-15-18-10)11-8-19-13(16-11)17-12-5-3-4-6-14-12/h3-8H,2H2,1H3,(H,15,18)(H,14,16,17). The van der Waals surface area contributed by atoms with E-state index >= 15 is 0 Å². The maximum absolute atomic E-state index is 4.56. The van der Waals surface area contributed by atoms with Crippen molar-refractivity contribution in [3.05, 3.63) is 41.7 Å². The fourth-order valence-corrected chi connectivity index (χ4v) is 2.52. The topological polar surface area (TPSA) is 66.5 Å². The molecule has 0 saturated carbocycles. The van der Waals surface area contributed by atoms with Gasteiger partial charge in [0.2, 0.25) is 0 Å². The predicted molar refractivity (Wildman–Crippen MR) is 76.6 cm³/mol. The van der Waals surface area contributed by atoms with Crippen LogP contribution in [0.3, 0.4) is 0 Å². The number of thiazole rings is 1. The van der Waals surface area contributed by atoms with E-state index in [-0.39, 0.29) is 0 Å². The van der Waals surface area contributed by atoms with E-state index in [1.165, 1.54) is 0 Å². The van der Waals surface area contributed by atoms with Crippen molar-refractivity contribution in [2.45, 2.75) is 13.3 Å². The van der Waals surface area contributed by atoms with Gasteiger partial charge in [0.1, 0.15) is 5.82 Å². The normalized spacial score (nSPS) is 10.6. The average Bonchev–Trinajstić information content (AvgIpc) is 3.07. The first-order chi connectivity index (χ1) is 9.36. The van der Waals surface area contributed by atoms with Crippen molar-refractivity contribution in [2.24, 2.45) is 0 Å². The Kier molecular flexibility index (Phi) is 3.24. The molecule has 0 aromatic carbocycles. The highest BCUT2D eigenvalue weighted by Crippen LogP contribution is 2.28. The number of H-pyrrole nitrogens is 1. The van der Waals surface area contributed by atoms with E-state index in [1.807, 2.05) is 29.8 Å². The van der Waals surface area contributed by atoms with Crippen LogP contribution < -0.4 is 5.32 Å². The average molecular weight is 271 g/mol. The van der Waals surface area contributed by atoms with Crippen LogP contribution in [0.25, 0.3) is 11.3 Å². The highest BCUT2D eigenvalue weighted by molar-refractivity contribution is 7.14. The first kappa shape index (κ1) is 11.9. The minimum atomic E-state index is 0.798. The van der Waals surface area contributed by atoms with Gasteiger partial charge in [-0.3, -0.25) is 5.10 Å². The first-order valence-electron chi connectivity index (χ1n) is 6.03. The van der Waals surface area contributed by atoms with Crippen LogP contribution in [0.4, 0.5) is 10.9 Å². The molecule has 96 valence electrons. The van der Waals surface area contributed by atoms with Crippen molar-refractivity contribution >= 4 is 22.3 Å². The molecule has 0 aliphatic heterocycles. The second-order valence-corrected chi connectivity index (χ2v) is 4.85. The Hall–Kier alpha value is -2.21. The summed E-state index contributed by atoms with van der Waals surface area (Å²) in [4.78, 5) is 8.78. The largest absolute Gasteiger partial charge is 0.316 e. The summed E-state index contributed by atoms with van der Waals surface area (Å²) in [6, 6.07) is 5.74. The molecular weight excluding hydrogens is 258 g/mol. The number of aromatic amines is 1. The Labute approximate surface area is 114 Å². The predicted octanol–water partition coefficient (Wildman–Crippen LogP) is 3.23. The number of aryl methyl sites for hydroxylation is 1. The number of hydrogen-bond acceptors (Lipinski definition) is 5. The highest BCUT2D eigenvalue weighted by atomic mass is 32.1. The van der Waals surface area contributed by atoms with Crippen LogP contribution in [0.2, 0.25) is 0 Å². The van der Waals surface area contributed by atoms with E-state index in [4.69, 9.17) is 0 Å². The lowest BCUT2D eigenvalue weighted by Gasteiger charge is -1.99. The molecule has 3 aromatic heterocycles. The molecule has 0 bridgehead atoms. The number of anilines is 2. The smallest absolute Gasteiger partial charge is 0.188 e. The molecule has 3 rings (SSSR count). The third kappa shape index (κ3) is 2.48. The van der Waals surface area contributed by atoms with E-state index in [1.54, 1.807) is 17.5 Å². The Morgan fingerprint density at radius 3 is 3.11 bits per heavy atom. The molecule has 5 nitrogen and oxygen atoms in total. The third-order valence-corrected chi connectivity index (χ3v) is 3.51. The van der Waals surface area contributed by atoms with Gasteiger partial charge in [-0.1, -0.05) is 13.0 Å². The van der Waals surface area contributed by atoms with Crippen LogP contribution in [0.1, 0.15) is 12.6 Å². The number of nitrogens with one attached hydrogen (secondary N) is 2. The van der Waals surface area contributed by atoms with E-state index in [0.717, 1.165) is 34.3 Å². The van der Waals surface area contributed by atoms with Crippen molar-refractivity contribution in [3.8, 4) is 11.3 Å². The summed E-state index contributed by atoms with van der Waals surface area (Å²) in [5.74, 6) is 0.798. The Morgan fingerprint density at radius 2 is 2.32 bits per heavy atom. The number of aromatic nitrogens is 4. The quantitative estimate of drug-likeness (QED) is 0.764. The summed E-state index contributed by atoms with van der Waals surface area (Å²) in [6.45, 7) is 2.09. The molecule has 0 aliphatic carbocycles. The van der Waals surface area contributed by atoms with Crippen LogP contribution in [-0.2, 0) is 6.42 Å². The van der Waals surface area contributed by atoms with E-state index in [2.05, 4.69) is 32.4 Å². The molecule has 0 radical (unpaired) electrons. The van der Waals surface area contributed by atoms with Crippen LogP contribution in [-0.4, -0.2) is 20.2 Å². The Bertz CT molecular complexity index is 658. The van der Waals surface area contributed by atoms with Gasteiger partial charge in [0.15, 0.2) is 5.13 Å². The number of rotatable bonds is 4. The molecular formula is C13H13N5S. The number of pyridine rings is 1. The molecule has 0 atom stereocenters. The first-order valence-corrected chi connectivity index (χ1v) is 6.91. The van der Waals surface area contributed by atoms with Gasteiger partial charge in [0.05, 0.1) is 11.9 Å². The molecule has 3 heterocycles. The van der Waals surface area contributed by atoms with Crippen LogP contribution >= 0.6 is 11.3 Å². The monoisotopic (exact) mass is 271 g/mol. The minimum Gasteiger partial charge on any atom is -0.316 e. The third-order valence-electron chi connectivity index (χ3n) is 2.75. The zero-order chi connectivity index (χ0) is 13.1. The maximum atomic E-state index is 4.56. The molecule has 0 fully saturated rings. The molecule has 3 aromatic rings. The molecule has 0 spiro atoms. The fraction of sp³-hybridized carbons (Fsp3) is 0.154. The Balaban J connectivity index is 1.84. The molecule has 0 saturated heterocycles. The van der Waals surface area contributed by atoms with E-state index in [9.17, 15) is 0 Å². The van der Waals surface area contributed by atoms with Crippen LogP contribution in [0.5, 0.6) is 0 Å². The van der Waals surface area contributed by atoms with Crippen molar-refractivity contribution in [3.63, 3.8) is 0 Å². The fourth-order valence-electron chi connectivity index (χ4n) is 1.80. The molecule has 0 aliphatic rings. The lowest BCUT2D eigenvalue weighted by Crippen LogP contribution is -1.92. The summed E-state index contributed by atoms with van der Waals surface area (Å²) in [5.41, 5.74) is 3.11. The summed E-state index contributed by atoms with van der Waals surface area (Å²) in [5, 5.41) is 13.1. The summed E-state index contributed by atoms with van der Waals surface area (Å²) in [6.07, 6.45) is 4.48. The minimum absolute atomic E-state index is 0.798. The van der Waals surface area contributed by atoms with Crippen molar-refractivity contribution < 1.29 is 0 Å². The summed E-state index contributed by atoms with van der Waals surface area (Å²) in [7, 11) is 0. The van der Waals surface area contributed by atoms with Crippen molar-refractivity contribution in [1.29, 1.82) is 0 Å². The molecule has 0 amide bonds. The van der Waals surface area contributed by atoms with Crippen molar-refractivity contribution in [1.82, 2.24) is 20.2 Å². The number of hydrogen-bond donors (Lipinski definition) is 2. The molecule has 19 heavy (non-hydrogen) atoms. The van der Waals surface area contributed by atoms with Crippen LogP contribution in [0, 0.1) is 0 Å².